The van der Waals surface area contributed by atoms with Crippen LogP contribution >= 0.6 is 11.8 Å². The molecule has 1 aromatic carbocycles. The quantitative estimate of drug-likeness (QED) is 0.821. The fourth-order valence-corrected chi connectivity index (χ4v) is 4.19. The first-order valence-electron chi connectivity index (χ1n) is 6.66. The van der Waals surface area contributed by atoms with Gasteiger partial charge in [-0.3, -0.25) is 4.99 Å². The van der Waals surface area contributed by atoms with Gasteiger partial charge in [-0.15, -0.1) is 0 Å². The van der Waals surface area contributed by atoms with Gasteiger partial charge in [0.15, 0.2) is 5.17 Å². The molecule has 10 heteroatoms. The monoisotopic (exact) mass is 367 g/mol. The number of rotatable bonds is 4. The van der Waals surface area contributed by atoms with Crippen LogP contribution in [0, 0.1) is 0 Å². The maximum atomic E-state index is 12.5. The van der Waals surface area contributed by atoms with E-state index in [2.05, 4.69) is 4.99 Å². The lowest BCUT2D eigenvalue weighted by atomic mass is 10.1. The smallest absolute Gasteiger partial charge is 0.260 e. The second-order valence-electron chi connectivity index (χ2n) is 5.01. The standard InChI is InChI=1S/C13H16F3N3O2S2/c1-18(2)23(20,21)19-8-7-17-12(19)22-9-10-3-5-11(6-4-10)13(14,15)16/h3-6H,7-9H2,1-2H3. The number of nitrogens with zero attached hydrogens (tertiary/aromatic N) is 3. The zero-order valence-corrected chi connectivity index (χ0v) is 14.2. The summed E-state index contributed by atoms with van der Waals surface area (Å²) in [6.07, 6.45) is -4.36. The van der Waals surface area contributed by atoms with Crippen LogP contribution in [0.3, 0.4) is 0 Å². The number of thioether (sulfide) groups is 1. The average molecular weight is 367 g/mol. The van der Waals surface area contributed by atoms with Crippen molar-refractivity contribution in [2.45, 2.75) is 11.9 Å². The number of alkyl halides is 3. The molecule has 0 fully saturated rings. The van der Waals surface area contributed by atoms with Gasteiger partial charge < -0.3 is 0 Å². The lowest BCUT2D eigenvalue weighted by molar-refractivity contribution is -0.137. The van der Waals surface area contributed by atoms with Crippen LogP contribution < -0.4 is 0 Å². The SMILES string of the molecule is CN(C)S(=O)(=O)N1CCN=C1SCc1ccc(C(F)(F)F)cc1. The van der Waals surface area contributed by atoms with Gasteiger partial charge in [-0.25, -0.2) is 4.31 Å². The molecule has 1 heterocycles. The summed E-state index contributed by atoms with van der Waals surface area (Å²) in [6.45, 7) is 0.651. The summed E-state index contributed by atoms with van der Waals surface area (Å²) < 4.78 is 64.1. The maximum Gasteiger partial charge on any atom is 0.416 e. The van der Waals surface area contributed by atoms with Crippen LogP contribution in [0.5, 0.6) is 0 Å². The number of halogens is 3. The van der Waals surface area contributed by atoms with E-state index in [0.29, 0.717) is 23.0 Å². The van der Waals surface area contributed by atoms with Crippen LogP contribution in [0.25, 0.3) is 0 Å². The number of amidine groups is 1. The first kappa shape index (κ1) is 18.1. The van der Waals surface area contributed by atoms with Gasteiger partial charge in [0.25, 0.3) is 0 Å². The van der Waals surface area contributed by atoms with E-state index in [-0.39, 0.29) is 6.54 Å². The van der Waals surface area contributed by atoms with Crippen molar-refractivity contribution in [3.05, 3.63) is 35.4 Å². The van der Waals surface area contributed by atoms with E-state index in [1.54, 1.807) is 0 Å². The fraction of sp³-hybridized carbons (Fsp3) is 0.462. The van der Waals surface area contributed by atoms with E-state index < -0.39 is 21.9 Å². The molecule has 0 bridgehead atoms. The molecule has 0 radical (unpaired) electrons. The zero-order valence-electron chi connectivity index (χ0n) is 12.5. The molecule has 0 atom stereocenters. The average Bonchev–Trinajstić information content (AvgIpc) is 2.93. The highest BCUT2D eigenvalue weighted by Gasteiger charge is 2.31. The molecule has 1 aliphatic heterocycles. The van der Waals surface area contributed by atoms with Gasteiger partial charge in [0.2, 0.25) is 0 Å². The molecule has 2 rings (SSSR count). The van der Waals surface area contributed by atoms with Crippen LogP contribution in [-0.2, 0) is 22.1 Å². The van der Waals surface area contributed by atoms with Crippen molar-refractivity contribution in [2.75, 3.05) is 27.2 Å². The van der Waals surface area contributed by atoms with Crippen molar-refractivity contribution in [1.82, 2.24) is 8.61 Å². The van der Waals surface area contributed by atoms with E-state index in [0.717, 1.165) is 16.4 Å². The van der Waals surface area contributed by atoms with Crippen LogP contribution in [0.1, 0.15) is 11.1 Å². The molecule has 0 N–H and O–H groups in total. The fourth-order valence-electron chi connectivity index (χ4n) is 1.88. The molecular formula is C13H16F3N3O2S2. The summed E-state index contributed by atoms with van der Waals surface area (Å²) in [6, 6.07) is 4.80. The van der Waals surface area contributed by atoms with Crippen molar-refractivity contribution >= 4 is 27.1 Å². The Balaban J connectivity index is 2.03. The van der Waals surface area contributed by atoms with E-state index in [4.69, 9.17) is 0 Å². The minimum atomic E-state index is -4.36. The molecule has 0 unspecified atom stereocenters. The van der Waals surface area contributed by atoms with Crippen molar-refractivity contribution in [2.24, 2.45) is 4.99 Å². The Kier molecular flexibility index (Phi) is 5.27. The van der Waals surface area contributed by atoms with E-state index in [9.17, 15) is 21.6 Å². The number of hydrogen-bond donors (Lipinski definition) is 0. The van der Waals surface area contributed by atoms with Gasteiger partial charge in [-0.2, -0.15) is 25.9 Å². The predicted octanol–water partition coefficient (Wildman–Crippen LogP) is 2.42. The summed E-state index contributed by atoms with van der Waals surface area (Å²) in [4.78, 5) is 4.16. The summed E-state index contributed by atoms with van der Waals surface area (Å²) in [5.74, 6) is 0.344. The van der Waals surface area contributed by atoms with Gasteiger partial charge in [0.1, 0.15) is 0 Å². The zero-order chi connectivity index (χ0) is 17.3. The Morgan fingerprint density at radius 3 is 2.39 bits per heavy atom. The summed E-state index contributed by atoms with van der Waals surface area (Å²) >= 11 is 1.19. The van der Waals surface area contributed by atoms with E-state index >= 15 is 0 Å². The lowest BCUT2D eigenvalue weighted by Gasteiger charge is -2.23. The van der Waals surface area contributed by atoms with E-state index in [1.807, 2.05) is 0 Å². The highest BCUT2D eigenvalue weighted by Crippen LogP contribution is 2.30. The molecule has 1 aliphatic rings. The first-order valence-corrected chi connectivity index (χ1v) is 9.04. The molecule has 0 aliphatic carbocycles. The van der Waals surface area contributed by atoms with Crippen LogP contribution in [0.4, 0.5) is 13.2 Å². The molecule has 1 aromatic rings. The Bertz CT molecular complexity index is 685. The molecule has 0 spiro atoms. The van der Waals surface area contributed by atoms with Gasteiger partial charge in [-0.05, 0) is 17.7 Å². The highest BCUT2D eigenvalue weighted by molar-refractivity contribution is 8.14. The molecule has 0 amide bonds. The molecule has 0 aromatic heterocycles. The molecular weight excluding hydrogens is 351 g/mol. The van der Waals surface area contributed by atoms with Crippen molar-refractivity contribution in [3.8, 4) is 0 Å². The minimum absolute atomic E-state index is 0.274. The molecule has 0 saturated carbocycles. The lowest BCUT2D eigenvalue weighted by Crippen LogP contribution is -2.41. The van der Waals surface area contributed by atoms with Crippen molar-refractivity contribution in [3.63, 3.8) is 0 Å². The Labute approximate surface area is 137 Å². The normalized spacial score (nSPS) is 16.1. The topological polar surface area (TPSA) is 53.0 Å². The predicted molar refractivity (Wildman–Crippen MR) is 84.4 cm³/mol. The Morgan fingerprint density at radius 1 is 1.26 bits per heavy atom. The maximum absolute atomic E-state index is 12.5. The largest absolute Gasteiger partial charge is 0.416 e. The van der Waals surface area contributed by atoms with Gasteiger partial charge >= 0.3 is 16.4 Å². The number of aliphatic imine (C=N–C) groups is 1. The highest BCUT2D eigenvalue weighted by atomic mass is 32.2. The van der Waals surface area contributed by atoms with Crippen molar-refractivity contribution in [1.29, 1.82) is 0 Å². The number of benzene rings is 1. The van der Waals surface area contributed by atoms with Gasteiger partial charge in [0.05, 0.1) is 18.7 Å². The third kappa shape index (κ3) is 4.18. The first-order chi connectivity index (χ1) is 10.6. The van der Waals surface area contributed by atoms with Gasteiger partial charge in [0, 0.05) is 19.8 Å². The molecule has 23 heavy (non-hydrogen) atoms. The third-order valence-corrected chi connectivity index (χ3v) is 6.19. The van der Waals surface area contributed by atoms with Crippen molar-refractivity contribution < 1.29 is 21.6 Å². The van der Waals surface area contributed by atoms with E-state index in [1.165, 1.54) is 42.3 Å². The second kappa shape index (κ2) is 6.70. The Morgan fingerprint density at radius 2 is 1.87 bits per heavy atom. The van der Waals surface area contributed by atoms with Crippen LogP contribution in [0.2, 0.25) is 0 Å². The number of hydrogen-bond acceptors (Lipinski definition) is 4. The summed E-state index contributed by atoms with van der Waals surface area (Å²) in [5.41, 5.74) is -0.0407. The van der Waals surface area contributed by atoms with Crippen LogP contribution in [0.15, 0.2) is 29.3 Å². The second-order valence-corrected chi connectivity index (χ2v) is 8.02. The molecule has 128 valence electrons. The third-order valence-electron chi connectivity index (χ3n) is 3.15. The Hall–Kier alpha value is -1.26. The molecule has 5 nitrogen and oxygen atoms in total. The minimum Gasteiger partial charge on any atom is -0.260 e. The summed E-state index contributed by atoms with van der Waals surface area (Å²) in [5, 5.41) is 0.360. The van der Waals surface area contributed by atoms with Crippen LogP contribution in [-0.4, -0.2) is 49.4 Å². The summed E-state index contributed by atoms with van der Waals surface area (Å²) in [7, 11) is -0.717. The van der Waals surface area contributed by atoms with Gasteiger partial charge in [-0.1, -0.05) is 23.9 Å². The molecule has 0 saturated heterocycles.